The third kappa shape index (κ3) is 6.38. The lowest BCUT2D eigenvalue weighted by atomic mass is 10.1. The predicted molar refractivity (Wildman–Crippen MR) is 158 cm³/mol. The first-order valence-electron chi connectivity index (χ1n) is 14.1. The minimum absolute atomic E-state index is 0.119. The Morgan fingerprint density at radius 1 is 0.886 bits per heavy atom. The van der Waals surface area contributed by atoms with Gasteiger partial charge in [-0.3, -0.25) is 23.6 Å². The molecule has 1 aliphatic rings. The van der Waals surface area contributed by atoms with E-state index >= 15 is 0 Å². The van der Waals surface area contributed by atoms with Gasteiger partial charge < -0.3 is 15.6 Å². The number of benzene rings is 2. The summed E-state index contributed by atoms with van der Waals surface area (Å²) in [4.78, 5) is 46.3. The van der Waals surface area contributed by atoms with Gasteiger partial charge in [0.15, 0.2) is 0 Å². The first kappa shape index (κ1) is 31.0. The zero-order valence-electron chi connectivity index (χ0n) is 24.0. The zero-order chi connectivity index (χ0) is 31.6. The quantitative estimate of drug-likeness (QED) is 0.296. The summed E-state index contributed by atoms with van der Waals surface area (Å²) in [5.41, 5.74) is 4.26. The van der Waals surface area contributed by atoms with Crippen molar-refractivity contribution in [2.45, 2.75) is 38.8 Å². The van der Waals surface area contributed by atoms with Crippen LogP contribution >= 0.6 is 0 Å². The lowest BCUT2D eigenvalue weighted by Gasteiger charge is -2.36. The van der Waals surface area contributed by atoms with Crippen molar-refractivity contribution in [3.8, 4) is 0 Å². The molecule has 0 aliphatic carbocycles. The van der Waals surface area contributed by atoms with E-state index in [4.69, 9.17) is 5.73 Å². The summed E-state index contributed by atoms with van der Waals surface area (Å²) in [6.45, 7) is 2.53. The molecule has 2 aromatic carbocycles. The van der Waals surface area contributed by atoms with Gasteiger partial charge in [-0.15, -0.1) is 0 Å². The number of piperazine rings is 1. The van der Waals surface area contributed by atoms with Crippen molar-refractivity contribution in [1.29, 1.82) is 0 Å². The third-order valence-electron chi connectivity index (χ3n) is 7.99. The van der Waals surface area contributed by atoms with E-state index in [1.807, 2.05) is 4.90 Å². The van der Waals surface area contributed by atoms with Gasteiger partial charge in [0.1, 0.15) is 11.5 Å². The van der Waals surface area contributed by atoms with Crippen LogP contribution < -0.4 is 27.4 Å². The second-order valence-corrected chi connectivity index (χ2v) is 10.8. The molecular formula is C31H32F4N6O3. The number of nitrogens with two attached hydrogens (primary N) is 1. The van der Waals surface area contributed by atoms with Crippen LogP contribution in [-0.4, -0.2) is 45.2 Å². The van der Waals surface area contributed by atoms with E-state index < -0.39 is 47.0 Å². The number of anilines is 1. The Bertz CT molecular complexity index is 1810. The van der Waals surface area contributed by atoms with E-state index in [1.54, 1.807) is 53.6 Å². The molecule has 13 heteroatoms. The number of nitrogens with zero attached hydrogens (tertiary/aromatic N) is 4. The standard InChI is InChI=1S/C31H32F4N6O3/c1-20-27(39-15-13-38(14-16-39)17-22-9-6-12-37-28(22)42)29(43)41(19-26(36)21-7-3-2-4-8-21)30(44)40(20)18-23-24(31(33,34)35)10-5-11-25(23)32/h2-12,26H,13-19,36H2,1H3,(H,37,42)/t26-/m0/s1. The number of pyridine rings is 1. The van der Waals surface area contributed by atoms with Gasteiger partial charge in [-0.2, -0.15) is 13.2 Å². The maximum Gasteiger partial charge on any atom is 0.416 e. The van der Waals surface area contributed by atoms with Gasteiger partial charge in [0.2, 0.25) is 0 Å². The molecule has 0 saturated carbocycles. The molecule has 3 heterocycles. The fraction of sp³-hybridized carbons (Fsp3) is 0.323. The zero-order valence-corrected chi connectivity index (χ0v) is 24.0. The molecule has 0 bridgehead atoms. The molecular weight excluding hydrogens is 580 g/mol. The monoisotopic (exact) mass is 612 g/mol. The Labute approximate surface area is 249 Å². The highest BCUT2D eigenvalue weighted by Crippen LogP contribution is 2.33. The molecule has 1 saturated heterocycles. The molecule has 9 nitrogen and oxygen atoms in total. The molecule has 3 N–H and O–H groups in total. The molecule has 2 aromatic heterocycles. The first-order chi connectivity index (χ1) is 21.0. The van der Waals surface area contributed by atoms with Gasteiger partial charge in [-0.25, -0.2) is 9.18 Å². The summed E-state index contributed by atoms with van der Waals surface area (Å²) < 4.78 is 58.4. The van der Waals surface area contributed by atoms with Gasteiger partial charge in [0.25, 0.3) is 11.1 Å². The maximum absolute atomic E-state index is 14.9. The summed E-state index contributed by atoms with van der Waals surface area (Å²) in [5.74, 6) is -1.11. The lowest BCUT2D eigenvalue weighted by Crippen LogP contribution is -2.51. The fourth-order valence-electron chi connectivity index (χ4n) is 5.59. The minimum atomic E-state index is -4.86. The Morgan fingerprint density at radius 2 is 1.59 bits per heavy atom. The van der Waals surface area contributed by atoms with Gasteiger partial charge in [0.05, 0.1) is 18.7 Å². The van der Waals surface area contributed by atoms with Crippen LogP contribution in [0, 0.1) is 12.7 Å². The Kier molecular flexibility index (Phi) is 8.88. The number of hydrogen-bond donors (Lipinski definition) is 2. The summed E-state index contributed by atoms with van der Waals surface area (Å²) >= 11 is 0. The van der Waals surface area contributed by atoms with Crippen molar-refractivity contribution >= 4 is 5.69 Å². The fourth-order valence-corrected chi connectivity index (χ4v) is 5.59. The van der Waals surface area contributed by atoms with Crippen LogP contribution in [0.15, 0.2) is 81.2 Å². The van der Waals surface area contributed by atoms with E-state index in [1.165, 1.54) is 6.92 Å². The maximum atomic E-state index is 14.9. The summed E-state index contributed by atoms with van der Waals surface area (Å²) in [6.07, 6.45) is -3.31. The molecule has 4 aromatic rings. The SMILES string of the molecule is Cc1c(N2CCN(Cc3ccc[nH]c3=O)CC2)c(=O)n(C[C@H](N)c2ccccc2)c(=O)n1Cc1c(F)cccc1C(F)(F)F. The van der Waals surface area contributed by atoms with E-state index in [9.17, 15) is 31.9 Å². The van der Waals surface area contributed by atoms with Crippen LogP contribution in [0.3, 0.4) is 0 Å². The van der Waals surface area contributed by atoms with Crippen molar-refractivity contribution in [2.24, 2.45) is 5.73 Å². The summed E-state index contributed by atoms with van der Waals surface area (Å²) in [6, 6.07) is 14.1. The Hall–Kier alpha value is -4.49. The number of halogens is 4. The average Bonchev–Trinajstić information content (AvgIpc) is 3.00. The highest BCUT2D eigenvalue weighted by atomic mass is 19.4. The average molecular weight is 613 g/mol. The van der Waals surface area contributed by atoms with Crippen molar-refractivity contribution in [1.82, 2.24) is 19.0 Å². The van der Waals surface area contributed by atoms with Crippen LogP contribution in [0.2, 0.25) is 0 Å². The molecule has 5 rings (SSSR count). The van der Waals surface area contributed by atoms with Crippen LogP contribution in [0.5, 0.6) is 0 Å². The predicted octanol–water partition coefficient (Wildman–Crippen LogP) is 3.24. The largest absolute Gasteiger partial charge is 0.416 e. The number of rotatable bonds is 8. The third-order valence-corrected chi connectivity index (χ3v) is 7.99. The van der Waals surface area contributed by atoms with Gasteiger partial charge in [-0.05, 0) is 30.7 Å². The van der Waals surface area contributed by atoms with Gasteiger partial charge in [0, 0.05) is 61.8 Å². The summed E-state index contributed by atoms with van der Waals surface area (Å²) in [5, 5.41) is 0. The number of alkyl halides is 3. The van der Waals surface area contributed by atoms with Gasteiger partial charge >= 0.3 is 11.9 Å². The van der Waals surface area contributed by atoms with Gasteiger partial charge in [-0.1, -0.05) is 42.5 Å². The molecule has 0 spiro atoms. The molecule has 232 valence electrons. The molecule has 1 atom stereocenters. The summed E-state index contributed by atoms with van der Waals surface area (Å²) in [7, 11) is 0. The minimum Gasteiger partial charge on any atom is -0.363 e. The van der Waals surface area contributed by atoms with E-state index in [0.29, 0.717) is 43.9 Å². The van der Waals surface area contributed by atoms with Crippen molar-refractivity contribution < 1.29 is 17.6 Å². The highest BCUT2D eigenvalue weighted by Gasteiger charge is 2.35. The van der Waals surface area contributed by atoms with E-state index in [2.05, 4.69) is 4.98 Å². The van der Waals surface area contributed by atoms with E-state index in [-0.39, 0.29) is 23.5 Å². The number of nitrogens with one attached hydrogen (secondary N) is 1. The number of hydrogen-bond acceptors (Lipinski definition) is 6. The molecule has 1 fully saturated rings. The molecule has 0 unspecified atom stereocenters. The smallest absolute Gasteiger partial charge is 0.363 e. The highest BCUT2D eigenvalue weighted by molar-refractivity contribution is 5.50. The molecule has 0 amide bonds. The van der Waals surface area contributed by atoms with Crippen molar-refractivity contribution in [3.05, 3.63) is 132 Å². The molecule has 0 radical (unpaired) electrons. The first-order valence-corrected chi connectivity index (χ1v) is 14.1. The van der Waals surface area contributed by atoms with Crippen LogP contribution in [0.4, 0.5) is 23.2 Å². The normalized spacial score (nSPS) is 15.0. The molecule has 44 heavy (non-hydrogen) atoms. The second kappa shape index (κ2) is 12.6. The second-order valence-electron chi connectivity index (χ2n) is 10.8. The molecule has 1 aliphatic heterocycles. The number of H-pyrrole nitrogens is 1. The van der Waals surface area contributed by atoms with Crippen LogP contribution in [-0.2, 0) is 25.8 Å². The lowest BCUT2D eigenvalue weighted by molar-refractivity contribution is -0.138. The van der Waals surface area contributed by atoms with E-state index in [0.717, 1.165) is 27.3 Å². The topological polar surface area (TPSA) is 109 Å². The van der Waals surface area contributed by atoms with Crippen LogP contribution in [0.1, 0.15) is 34.0 Å². The van der Waals surface area contributed by atoms with Crippen molar-refractivity contribution in [2.75, 3.05) is 31.1 Å². The number of aromatic nitrogens is 3. The Balaban J connectivity index is 1.55. The Morgan fingerprint density at radius 3 is 2.25 bits per heavy atom. The number of aromatic amines is 1. The van der Waals surface area contributed by atoms with Crippen LogP contribution in [0.25, 0.3) is 0 Å². The van der Waals surface area contributed by atoms with Crippen molar-refractivity contribution in [3.63, 3.8) is 0 Å².